The van der Waals surface area contributed by atoms with Gasteiger partial charge in [0.15, 0.2) is 23.1 Å². The summed E-state index contributed by atoms with van der Waals surface area (Å²) in [4.78, 5) is 31.4. The van der Waals surface area contributed by atoms with Gasteiger partial charge in [0, 0.05) is 82.5 Å². The van der Waals surface area contributed by atoms with Crippen LogP contribution in [0.3, 0.4) is 0 Å². The van der Waals surface area contributed by atoms with E-state index in [1.54, 1.807) is 64.2 Å². The molecule has 71 heavy (non-hydrogen) atoms. The van der Waals surface area contributed by atoms with Gasteiger partial charge in [-0.3, -0.25) is 9.59 Å². The van der Waals surface area contributed by atoms with Crippen molar-refractivity contribution >= 4 is 33.2 Å². The molecule has 10 rings (SSSR count). The number of aliphatic hydroxyl groups is 3. The van der Waals surface area contributed by atoms with Gasteiger partial charge in [-0.05, 0) is 139 Å². The van der Waals surface area contributed by atoms with E-state index < -0.39 is 34.6 Å². The molecule has 6 aliphatic rings. The first-order valence-electron chi connectivity index (χ1n) is 25.3. The van der Waals surface area contributed by atoms with E-state index in [1.807, 2.05) is 18.2 Å². The second kappa shape index (κ2) is 19.8. The van der Waals surface area contributed by atoms with Gasteiger partial charge in [-0.1, -0.05) is 76.1 Å². The highest BCUT2D eigenvalue weighted by molar-refractivity contribution is 8.76. The summed E-state index contributed by atoms with van der Waals surface area (Å²) in [6.45, 7) is -0.0747. The number of ketones is 2. The molecule has 10 N–H and O–H groups in total. The van der Waals surface area contributed by atoms with Crippen LogP contribution in [0.25, 0.3) is 0 Å². The number of fused-ring (bicyclic) bond motifs is 7. The average molecular weight is 996 g/mol. The van der Waals surface area contributed by atoms with Crippen molar-refractivity contribution in [3.63, 3.8) is 0 Å². The Hall–Kier alpha value is -4.96. The fraction of sp³-hybridized carbons (Fsp3) is 0.483. The van der Waals surface area contributed by atoms with Gasteiger partial charge < -0.3 is 46.7 Å². The monoisotopic (exact) mass is 995 g/mol. The summed E-state index contributed by atoms with van der Waals surface area (Å²) in [6.07, 6.45) is 13.2. The lowest BCUT2D eigenvalue weighted by molar-refractivity contribution is -0.119. The molecule has 3 saturated carbocycles. The zero-order chi connectivity index (χ0) is 49.6. The quantitative estimate of drug-likeness (QED) is 0.0539. The van der Waals surface area contributed by atoms with Gasteiger partial charge in [0.1, 0.15) is 5.75 Å². The second-order valence-electron chi connectivity index (χ2n) is 21.7. The first-order chi connectivity index (χ1) is 34.2. The molecular formula is C58H65N3O8S2. The van der Waals surface area contributed by atoms with Gasteiger partial charge in [-0.15, -0.1) is 5.92 Å². The third-order valence-corrected chi connectivity index (χ3v) is 19.8. The van der Waals surface area contributed by atoms with Crippen molar-refractivity contribution in [3.8, 4) is 40.9 Å². The van der Waals surface area contributed by atoms with Crippen molar-refractivity contribution in [1.82, 2.24) is 4.98 Å². The fourth-order valence-electron chi connectivity index (χ4n) is 13.3. The SMILES string of the molecule is NC(N)c1cc2c3cc1CSSC[C@@]14CC#C[C@]56CCC[C@@]5(CC[C@@](/C=C/C(=O)CCc5ccc(O)c(c5)OCCc5ccc(O)c(c5)[C@@H]3CC(=O)c3cc[nH]c3CC#C2)(C[C@H]1O)C4)C[C@](O)(CO)CC6. The maximum atomic E-state index is 14.3. The summed E-state index contributed by atoms with van der Waals surface area (Å²) in [7, 11) is 3.34. The summed E-state index contributed by atoms with van der Waals surface area (Å²) in [5.74, 6) is 14.9. The van der Waals surface area contributed by atoms with E-state index in [2.05, 4.69) is 40.8 Å². The molecule has 11 nitrogen and oxygen atoms in total. The number of nitrogens with one attached hydrogen (secondary N) is 1. The summed E-state index contributed by atoms with van der Waals surface area (Å²) < 4.78 is 6.19. The molecule has 0 spiro atoms. The van der Waals surface area contributed by atoms with Crippen molar-refractivity contribution in [3.05, 3.63) is 123 Å². The number of aromatic hydroxyl groups is 2. The molecule has 0 amide bonds. The number of aromatic amines is 1. The molecule has 1 aromatic heterocycles. The van der Waals surface area contributed by atoms with Crippen LogP contribution in [0.15, 0.2) is 72.9 Å². The average Bonchev–Trinajstić information content (AvgIpc) is 4.05. The van der Waals surface area contributed by atoms with Gasteiger partial charge in [0.2, 0.25) is 0 Å². The lowest BCUT2D eigenvalue weighted by Gasteiger charge is -2.53. The molecular weight excluding hydrogens is 931 g/mol. The number of phenols is 2. The van der Waals surface area contributed by atoms with Crippen LogP contribution >= 0.6 is 21.6 Å². The molecule has 3 aromatic carbocycles. The topological polar surface area (TPSA) is 212 Å². The number of aromatic nitrogens is 1. The van der Waals surface area contributed by atoms with Crippen LogP contribution in [0.5, 0.6) is 17.2 Å². The molecule has 13 heteroatoms. The van der Waals surface area contributed by atoms with E-state index in [-0.39, 0.29) is 60.0 Å². The summed E-state index contributed by atoms with van der Waals surface area (Å²) in [6, 6.07) is 16.4. The number of carbonyl (C=O) groups is 2. The van der Waals surface area contributed by atoms with Crippen LogP contribution in [0.2, 0.25) is 0 Å². The molecule has 0 saturated heterocycles. The summed E-state index contributed by atoms with van der Waals surface area (Å²) in [5, 5.41) is 57.0. The maximum Gasteiger partial charge on any atom is 0.165 e. The third kappa shape index (κ3) is 9.72. The number of rotatable bonds is 2. The Kier molecular flexibility index (Phi) is 13.8. The lowest BCUT2D eigenvalue weighted by Crippen LogP contribution is -2.52. The molecule has 8 bridgehead atoms. The van der Waals surface area contributed by atoms with Gasteiger partial charge in [-0.25, -0.2) is 0 Å². The summed E-state index contributed by atoms with van der Waals surface area (Å²) >= 11 is 0. The fourth-order valence-corrected chi connectivity index (χ4v) is 16.1. The Balaban J connectivity index is 1.05. The first-order valence-corrected chi connectivity index (χ1v) is 27.7. The Bertz CT molecular complexity index is 2890. The van der Waals surface area contributed by atoms with E-state index in [1.165, 1.54) is 0 Å². The van der Waals surface area contributed by atoms with Crippen LogP contribution < -0.4 is 16.2 Å². The number of aryl methyl sites for hydroxylation is 1. The largest absolute Gasteiger partial charge is 0.508 e. The highest BCUT2D eigenvalue weighted by Crippen LogP contribution is 2.67. The normalized spacial score (nSPS) is 31.4. The standard InChI is InChI=1S/C58H65N3O8S2/c59-53(60)44-28-39-4-1-5-47-42(13-24-61-47)50(66)30-45-43(39)29-40(44)32-70-71-36-55-15-2-16-56-17-3-18-57(56,34-58(68,35-62)23-22-56)21-20-54(33-55,31-52(55)67)19-12-41(63)9-6-37-8-11-49(65)51(27-37)69-25-14-38-7-10-48(64)46(45)26-38/h7-8,10-13,19,24,26-29,45,52-53,61-62,64-65,67-68H,3,5-6,9,14-15,17-18,20-23,25,30-36,59-60H2/b19-12+/t45-,52-,54+,55+,56-,57-,58+/m1/s1. The number of hydrogen-bond donors (Lipinski definition) is 8. The van der Waals surface area contributed by atoms with Crippen molar-refractivity contribution in [2.45, 2.75) is 132 Å². The Morgan fingerprint density at radius 2 is 1.70 bits per heavy atom. The number of aliphatic hydroxyl groups excluding tert-OH is 2. The molecule has 5 aliphatic carbocycles. The molecule has 4 aromatic rings. The highest BCUT2D eigenvalue weighted by atomic mass is 33.1. The number of nitrogens with two attached hydrogens (primary N) is 2. The van der Waals surface area contributed by atoms with Crippen molar-refractivity contribution in [2.24, 2.45) is 33.1 Å². The number of benzene rings is 3. The Morgan fingerprint density at radius 3 is 2.54 bits per heavy atom. The van der Waals surface area contributed by atoms with Gasteiger partial charge in [0.25, 0.3) is 0 Å². The predicted molar refractivity (Wildman–Crippen MR) is 278 cm³/mol. The van der Waals surface area contributed by atoms with Crippen LogP contribution in [0, 0.1) is 45.3 Å². The van der Waals surface area contributed by atoms with Gasteiger partial charge >= 0.3 is 0 Å². The molecule has 7 atom stereocenters. The van der Waals surface area contributed by atoms with Crippen LogP contribution in [0.4, 0.5) is 0 Å². The number of Topliss-reactive ketones (excluding diaryl/α,β-unsaturated/α-hetero) is 1. The van der Waals surface area contributed by atoms with Crippen molar-refractivity contribution < 1.29 is 39.9 Å². The van der Waals surface area contributed by atoms with Crippen molar-refractivity contribution in [2.75, 3.05) is 19.0 Å². The number of ether oxygens (including phenoxy) is 1. The number of carbonyl (C=O) groups excluding carboxylic acids is 2. The number of H-pyrrole nitrogens is 1. The van der Waals surface area contributed by atoms with Crippen LogP contribution in [-0.4, -0.2) is 72.8 Å². The molecule has 0 unspecified atom stereocenters. The number of hydrogen-bond acceptors (Lipinski definition) is 12. The molecule has 3 fully saturated rings. The molecule has 2 heterocycles. The van der Waals surface area contributed by atoms with Crippen molar-refractivity contribution in [1.29, 1.82) is 0 Å². The minimum absolute atomic E-state index is 0.0153. The van der Waals surface area contributed by atoms with Gasteiger partial charge in [0.05, 0.1) is 37.5 Å². The van der Waals surface area contributed by atoms with Crippen LogP contribution in [0.1, 0.15) is 151 Å². The first kappa shape index (κ1) is 49.6. The molecule has 0 radical (unpaired) electrons. The van der Waals surface area contributed by atoms with Gasteiger partial charge in [-0.2, -0.15) is 0 Å². The van der Waals surface area contributed by atoms with E-state index in [4.69, 9.17) is 16.2 Å². The lowest BCUT2D eigenvalue weighted by atomic mass is 9.52. The minimum Gasteiger partial charge on any atom is -0.508 e. The minimum atomic E-state index is -1.16. The van der Waals surface area contributed by atoms with E-state index in [0.717, 1.165) is 65.6 Å². The Morgan fingerprint density at radius 1 is 0.873 bits per heavy atom. The highest BCUT2D eigenvalue weighted by Gasteiger charge is 2.62. The zero-order valence-electron chi connectivity index (χ0n) is 40.2. The van der Waals surface area contributed by atoms with E-state index in [0.29, 0.717) is 91.7 Å². The molecule has 1 aliphatic heterocycles. The maximum absolute atomic E-state index is 14.3. The number of phenolic OH excluding ortho intramolecular Hbond substituents is 2. The smallest absolute Gasteiger partial charge is 0.165 e. The second-order valence-corrected chi connectivity index (χ2v) is 24.1. The molecule has 372 valence electrons. The summed E-state index contributed by atoms with van der Waals surface area (Å²) in [5.41, 5.74) is 16.9. The Labute approximate surface area is 424 Å². The van der Waals surface area contributed by atoms with E-state index >= 15 is 0 Å². The predicted octanol–water partition coefficient (Wildman–Crippen LogP) is 8.61. The third-order valence-electron chi connectivity index (χ3n) is 17.3. The van der Waals surface area contributed by atoms with Crippen LogP contribution in [-0.2, 0) is 29.8 Å². The zero-order valence-corrected chi connectivity index (χ0v) is 41.9. The van der Waals surface area contributed by atoms with E-state index in [9.17, 15) is 35.1 Å². The number of allylic oxidation sites excluding steroid dienone is 2.